The van der Waals surface area contributed by atoms with E-state index in [-0.39, 0.29) is 25.7 Å². The van der Waals surface area contributed by atoms with Crippen molar-refractivity contribution in [2.24, 2.45) is 5.92 Å². The molecule has 0 aromatic rings. The summed E-state index contributed by atoms with van der Waals surface area (Å²) in [5.41, 5.74) is 0. The molecule has 0 spiro atoms. The third kappa shape index (κ3) is 49.1. The number of aliphatic hydroxyl groups excluding tert-OH is 9. The van der Waals surface area contributed by atoms with E-state index >= 15 is 0 Å². The van der Waals surface area contributed by atoms with Gasteiger partial charge in [0.1, 0.15) is 92.6 Å². The van der Waals surface area contributed by atoms with Crippen LogP contribution in [0, 0.1) is 5.92 Å². The molecule has 19 unspecified atom stereocenters. The lowest BCUT2D eigenvalue weighted by Crippen LogP contribution is -2.70. The zero-order valence-electron chi connectivity index (χ0n) is 73.0. The third-order valence-electron chi connectivity index (χ3n) is 23.5. The van der Waals surface area contributed by atoms with E-state index in [1.165, 1.54) is 193 Å². The summed E-state index contributed by atoms with van der Waals surface area (Å²) < 4.78 is 73.5. The van der Waals surface area contributed by atoms with Gasteiger partial charge in [0.05, 0.1) is 13.2 Å². The van der Waals surface area contributed by atoms with Crippen molar-refractivity contribution in [1.82, 2.24) is 0 Å². The summed E-state index contributed by atoms with van der Waals surface area (Å²) in [4.78, 5) is 66.5. The first kappa shape index (κ1) is 108. The topological polar surface area (TPSA) is 380 Å². The molecule has 3 rings (SSSR count). The fourth-order valence-corrected chi connectivity index (χ4v) is 16.9. The minimum absolute atomic E-state index is 0.0194. The molecule has 1 saturated carbocycles. The van der Waals surface area contributed by atoms with Gasteiger partial charge in [-0.1, -0.05) is 362 Å². The zero-order chi connectivity index (χ0) is 84.8. The summed E-state index contributed by atoms with van der Waals surface area (Å²) in [5, 5.41) is 102. The van der Waals surface area contributed by atoms with Crippen LogP contribution in [0.25, 0.3) is 0 Å². The Morgan fingerprint density at radius 1 is 0.336 bits per heavy atom. The largest absolute Gasteiger partial charge is 0.472 e. The monoisotopic (exact) mass is 1680 g/mol. The van der Waals surface area contributed by atoms with E-state index in [9.17, 15) is 74.6 Å². The Morgan fingerprint density at radius 3 is 1.03 bits per heavy atom. The zero-order valence-corrected chi connectivity index (χ0v) is 73.9. The molecule has 116 heavy (non-hydrogen) atoms. The number of rotatable bonds is 76. The molecular weight excluding hydrogens is 1510 g/mol. The molecule has 26 heteroatoms. The SMILES string of the molecule is CCCCCCCCCCCCCCCCCC(=O)OC1C(O)C(O)C(OC2OC(CO)C(O)C(O)C2O)C(OP(=O)(O)OCC(COC(=O)CCCCCCCCC(C)CCCCCCCC)OC(=O)CCCCCCCCCCCCCCC)C1OC1OC(COC(=O)CCCCCCCCCCCCCCC)C(O)C(O)C1O. The lowest BCUT2D eigenvalue weighted by molar-refractivity contribution is -0.360. The second kappa shape index (κ2) is 68.9. The normalized spacial score (nSPS) is 25.4. The van der Waals surface area contributed by atoms with Crippen LogP contribution in [0.4, 0.5) is 0 Å². The van der Waals surface area contributed by atoms with Crippen LogP contribution in [0.5, 0.6) is 0 Å². The first-order chi connectivity index (χ1) is 56.1. The van der Waals surface area contributed by atoms with Crippen LogP contribution >= 0.6 is 7.82 Å². The van der Waals surface area contributed by atoms with Crippen molar-refractivity contribution in [3.8, 4) is 0 Å². The summed E-state index contributed by atoms with van der Waals surface area (Å²) >= 11 is 0. The molecular formula is C90H169O25P. The predicted molar refractivity (Wildman–Crippen MR) is 449 cm³/mol. The maximum atomic E-state index is 14.9. The number of esters is 4. The van der Waals surface area contributed by atoms with Gasteiger partial charge in [0, 0.05) is 25.7 Å². The number of hydrogen-bond donors (Lipinski definition) is 10. The summed E-state index contributed by atoms with van der Waals surface area (Å²) in [6, 6.07) is 0. The van der Waals surface area contributed by atoms with Crippen molar-refractivity contribution < 1.29 is 122 Å². The van der Waals surface area contributed by atoms with Crippen molar-refractivity contribution in [2.75, 3.05) is 26.4 Å². The molecule has 2 aliphatic heterocycles. The van der Waals surface area contributed by atoms with E-state index in [1.807, 2.05) is 0 Å². The number of phosphoric acid groups is 1. The summed E-state index contributed by atoms with van der Waals surface area (Å²) in [7, 11) is -5.80. The Labute approximate surface area is 699 Å². The molecule has 1 aliphatic carbocycles. The fraction of sp³-hybridized carbons (Fsp3) is 0.956. The average molecular weight is 1680 g/mol. The van der Waals surface area contributed by atoms with Gasteiger partial charge in [-0.15, -0.1) is 0 Å². The van der Waals surface area contributed by atoms with Gasteiger partial charge in [-0.3, -0.25) is 28.2 Å². The smallest absolute Gasteiger partial charge is 0.463 e. The molecule has 3 fully saturated rings. The van der Waals surface area contributed by atoms with E-state index in [0.29, 0.717) is 38.0 Å². The molecule has 2 saturated heterocycles. The minimum Gasteiger partial charge on any atom is -0.463 e. The second-order valence-corrected chi connectivity index (χ2v) is 35.6. The lowest BCUT2D eigenvalue weighted by Gasteiger charge is -2.50. The Kier molecular flexibility index (Phi) is 63.9. The number of hydrogen-bond acceptors (Lipinski definition) is 24. The number of carbonyl (C=O) groups is 4. The van der Waals surface area contributed by atoms with E-state index in [4.69, 9.17) is 46.9 Å². The molecule has 0 amide bonds. The number of aliphatic hydroxyl groups is 9. The fourth-order valence-electron chi connectivity index (χ4n) is 15.9. The Bertz CT molecular complexity index is 2430. The molecule has 0 bridgehead atoms. The minimum atomic E-state index is -5.80. The molecule has 2 heterocycles. The first-order valence-electron chi connectivity index (χ1n) is 47.2. The summed E-state index contributed by atoms with van der Waals surface area (Å²) in [5.74, 6) is -2.26. The second-order valence-electron chi connectivity index (χ2n) is 34.2. The van der Waals surface area contributed by atoms with Crippen LogP contribution in [0.1, 0.15) is 413 Å². The molecule has 10 N–H and O–H groups in total. The van der Waals surface area contributed by atoms with Gasteiger partial charge in [-0.25, -0.2) is 4.57 Å². The van der Waals surface area contributed by atoms with E-state index in [0.717, 1.165) is 128 Å². The number of carbonyl (C=O) groups excluding carboxylic acids is 4. The van der Waals surface area contributed by atoms with Gasteiger partial charge >= 0.3 is 31.7 Å². The van der Waals surface area contributed by atoms with Crippen molar-refractivity contribution >= 4 is 31.7 Å². The van der Waals surface area contributed by atoms with Gasteiger partial charge in [-0.05, 0) is 31.6 Å². The number of ether oxygens (including phenoxy) is 8. The average Bonchev–Trinajstić information content (AvgIpc) is 0.754. The van der Waals surface area contributed by atoms with Gasteiger partial charge in [0.2, 0.25) is 0 Å². The molecule has 25 nitrogen and oxygen atoms in total. The molecule has 0 aromatic heterocycles. The first-order valence-corrected chi connectivity index (χ1v) is 48.7. The van der Waals surface area contributed by atoms with Crippen LogP contribution < -0.4 is 0 Å². The van der Waals surface area contributed by atoms with E-state index in [2.05, 4.69) is 34.6 Å². The van der Waals surface area contributed by atoms with Crippen LogP contribution in [0.15, 0.2) is 0 Å². The molecule has 3 aliphatic rings. The standard InChI is InChI=1S/C90H169O25P/c1-6-10-14-18-22-25-28-31-32-35-38-41-44-52-58-64-76(95)112-85-81(100)82(101)86(113-89-83(102)79(98)77(96)71(65-91)110-89)88(87(85)114-90-84(103)80(99)78(97)72(111-90)68-107-74(93)62-56-49-42-39-36-33-29-26-23-19-15-11-7-2)115-116(104,105)108-67-70(109-75(94)63-57-51-43-40-37-34-30-27-24-20-16-12-8-3)66-106-73(92)61-55-50-46-45-48-54-60-69(5)59-53-47-21-17-13-9-4/h69-72,77-91,96-103H,6-68H2,1-5H3,(H,104,105). The van der Waals surface area contributed by atoms with Crippen molar-refractivity contribution in [3.63, 3.8) is 0 Å². The summed E-state index contributed by atoms with van der Waals surface area (Å²) in [6.45, 7) is 7.95. The number of phosphoric ester groups is 1. The maximum absolute atomic E-state index is 14.9. The lowest BCUT2D eigenvalue weighted by atomic mass is 9.84. The highest BCUT2D eigenvalue weighted by Crippen LogP contribution is 2.49. The maximum Gasteiger partial charge on any atom is 0.472 e. The highest BCUT2D eigenvalue weighted by molar-refractivity contribution is 7.47. The van der Waals surface area contributed by atoms with Crippen molar-refractivity contribution in [2.45, 2.75) is 518 Å². The van der Waals surface area contributed by atoms with Crippen LogP contribution in [-0.4, -0.2) is 205 Å². The van der Waals surface area contributed by atoms with E-state index in [1.54, 1.807) is 0 Å². The van der Waals surface area contributed by atoms with Crippen LogP contribution in [-0.2, 0) is 70.7 Å². The Balaban J connectivity index is 1.92. The Hall–Kier alpha value is -2.53. The molecule has 19 atom stereocenters. The quantitative estimate of drug-likeness (QED) is 0.0117. The highest BCUT2D eigenvalue weighted by Gasteiger charge is 2.60. The third-order valence-corrected chi connectivity index (χ3v) is 24.5. The highest BCUT2D eigenvalue weighted by atomic mass is 31.2. The van der Waals surface area contributed by atoms with Crippen molar-refractivity contribution in [3.05, 3.63) is 0 Å². The predicted octanol–water partition coefficient (Wildman–Crippen LogP) is 17.2. The number of unbranched alkanes of at least 4 members (excludes halogenated alkanes) is 48. The molecule has 0 radical (unpaired) electrons. The van der Waals surface area contributed by atoms with Gasteiger partial charge in [0.15, 0.2) is 24.8 Å². The van der Waals surface area contributed by atoms with Crippen LogP contribution in [0.2, 0.25) is 0 Å². The molecule has 0 aromatic carbocycles. The summed E-state index contributed by atoms with van der Waals surface area (Å²) in [6.07, 6.45) is 23.9. The molecule has 684 valence electrons. The van der Waals surface area contributed by atoms with Gasteiger partial charge < -0.3 is 88.7 Å². The van der Waals surface area contributed by atoms with Gasteiger partial charge in [-0.2, -0.15) is 0 Å². The van der Waals surface area contributed by atoms with Crippen molar-refractivity contribution in [1.29, 1.82) is 0 Å². The Morgan fingerprint density at radius 2 is 0.647 bits per heavy atom. The van der Waals surface area contributed by atoms with Crippen LogP contribution in [0.3, 0.4) is 0 Å². The van der Waals surface area contributed by atoms with E-state index < -0.39 is 162 Å². The van der Waals surface area contributed by atoms with Gasteiger partial charge in [0.25, 0.3) is 0 Å².